The summed E-state index contributed by atoms with van der Waals surface area (Å²) in [5, 5.41) is 0.510. The van der Waals surface area contributed by atoms with Gasteiger partial charge >= 0.3 is 12.1 Å². The quantitative estimate of drug-likeness (QED) is 0.139. The first-order valence-electron chi connectivity index (χ1n) is 13.0. The number of ether oxygens (including phenoxy) is 3. The van der Waals surface area contributed by atoms with Gasteiger partial charge in [-0.15, -0.1) is 11.3 Å². The van der Waals surface area contributed by atoms with Gasteiger partial charge in [0, 0.05) is 11.1 Å². The molecule has 3 aromatic carbocycles. The first-order valence-corrected chi connectivity index (χ1v) is 13.8. The van der Waals surface area contributed by atoms with Crippen LogP contribution in [-0.2, 0) is 22.3 Å². The van der Waals surface area contributed by atoms with Crippen molar-refractivity contribution in [3.8, 4) is 33.2 Å². The number of hydrogen-bond acceptors (Lipinski definition) is 6. The molecule has 41 heavy (non-hydrogen) atoms. The molecule has 10 heteroatoms. The molecule has 0 bridgehead atoms. The highest BCUT2D eigenvalue weighted by molar-refractivity contribution is 7.15. The third kappa shape index (κ3) is 6.70. The summed E-state index contributed by atoms with van der Waals surface area (Å²) in [7, 11) is 2.84. The number of nitrogens with zero attached hydrogens (tertiary/aromatic N) is 1. The van der Waals surface area contributed by atoms with Crippen LogP contribution in [0.5, 0.6) is 11.5 Å². The van der Waals surface area contributed by atoms with Crippen LogP contribution in [0.15, 0.2) is 66.7 Å². The molecule has 1 aliphatic rings. The lowest BCUT2D eigenvalue weighted by atomic mass is 9.91. The number of aromatic nitrogens is 1. The Kier molecular flexibility index (Phi) is 8.30. The van der Waals surface area contributed by atoms with E-state index in [0.29, 0.717) is 45.0 Å². The average molecular weight is 586 g/mol. The number of alkyl halides is 3. The summed E-state index contributed by atoms with van der Waals surface area (Å²) in [5.74, 6) is 0.705. The number of benzene rings is 3. The van der Waals surface area contributed by atoms with Gasteiger partial charge in [-0.2, -0.15) is 13.2 Å². The number of rotatable bonds is 10. The molecule has 0 spiro atoms. The Morgan fingerprint density at radius 2 is 1.78 bits per heavy atom. The zero-order valence-corrected chi connectivity index (χ0v) is 23.2. The first kappa shape index (κ1) is 28.6. The van der Waals surface area contributed by atoms with Crippen LogP contribution in [0.1, 0.15) is 41.3 Å². The smallest absolute Gasteiger partial charge is 0.416 e. The summed E-state index contributed by atoms with van der Waals surface area (Å²) in [4.78, 5) is 17.1. The number of methoxy groups -OCH3 is 2. The molecule has 1 saturated carbocycles. The molecule has 1 aromatic heterocycles. The lowest BCUT2D eigenvalue weighted by Crippen LogP contribution is -2.10. The molecule has 1 heterocycles. The third-order valence-electron chi connectivity index (χ3n) is 7.03. The molecule has 1 unspecified atom stereocenters. The number of carbonyl (C=O) groups excluding carboxylic acids is 1. The summed E-state index contributed by atoms with van der Waals surface area (Å²) in [5.41, 5.74) is 1.18. The Bertz CT molecular complexity index is 1530. The van der Waals surface area contributed by atoms with Gasteiger partial charge in [0.05, 0.1) is 36.8 Å². The van der Waals surface area contributed by atoms with Crippen LogP contribution in [0, 0.1) is 11.7 Å². The maximum atomic E-state index is 15.0. The van der Waals surface area contributed by atoms with Crippen molar-refractivity contribution in [2.75, 3.05) is 14.2 Å². The van der Waals surface area contributed by atoms with Gasteiger partial charge < -0.3 is 14.2 Å². The van der Waals surface area contributed by atoms with E-state index in [4.69, 9.17) is 14.2 Å². The largest absolute Gasteiger partial charge is 0.497 e. The highest BCUT2D eigenvalue weighted by Gasteiger charge is 2.34. The molecule has 4 aromatic rings. The topological polar surface area (TPSA) is 57.7 Å². The molecule has 0 N–H and O–H groups in total. The lowest BCUT2D eigenvalue weighted by Gasteiger charge is -2.16. The minimum atomic E-state index is -4.48. The lowest BCUT2D eigenvalue weighted by molar-refractivity contribution is -0.141. The number of thiazole rings is 1. The standard InChI is InChI=1S/C31H27F4NO4S/c1-38-22-12-13-26(32)25(15-22)30-29(19-8-10-21(11-9-19)31(33,34)35)36-27(41-30)17-40-23-5-3-4-20(14-23)24(18-6-7-18)16-28(37)39-2/h3-5,8-15,18,24H,6-7,16-17H2,1-2H3. The number of hydrogen-bond donors (Lipinski definition) is 0. The molecule has 1 atom stereocenters. The molecular weight excluding hydrogens is 558 g/mol. The Morgan fingerprint density at radius 1 is 1.02 bits per heavy atom. The van der Waals surface area contributed by atoms with Crippen LogP contribution in [0.2, 0.25) is 0 Å². The minimum absolute atomic E-state index is 0.0415. The predicted octanol–water partition coefficient (Wildman–Crippen LogP) is 8.28. The predicted molar refractivity (Wildman–Crippen MR) is 147 cm³/mol. The van der Waals surface area contributed by atoms with Crippen LogP contribution in [-0.4, -0.2) is 25.2 Å². The van der Waals surface area contributed by atoms with Gasteiger partial charge in [0.2, 0.25) is 0 Å². The number of halogens is 4. The van der Waals surface area contributed by atoms with Crippen molar-refractivity contribution < 1.29 is 36.6 Å². The fraction of sp³-hybridized carbons (Fsp3) is 0.290. The van der Waals surface area contributed by atoms with Gasteiger partial charge in [0.25, 0.3) is 0 Å². The van der Waals surface area contributed by atoms with E-state index in [-0.39, 0.29) is 24.1 Å². The monoisotopic (exact) mass is 585 g/mol. The van der Waals surface area contributed by atoms with Crippen molar-refractivity contribution in [1.29, 1.82) is 0 Å². The van der Waals surface area contributed by atoms with Crippen molar-refractivity contribution >= 4 is 17.3 Å². The molecule has 1 aliphatic carbocycles. The van der Waals surface area contributed by atoms with E-state index in [9.17, 15) is 22.4 Å². The zero-order chi connectivity index (χ0) is 29.1. The summed E-state index contributed by atoms with van der Waals surface area (Å²) in [6.07, 6.45) is -2.07. The van der Waals surface area contributed by atoms with Crippen LogP contribution in [0.3, 0.4) is 0 Å². The Balaban J connectivity index is 1.44. The summed E-state index contributed by atoms with van der Waals surface area (Å²) >= 11 is 1.19. The van der Waals surface area contributed by atoms with E-state index in [1.54, 1.807) is 6.07 Å². The van der Waals surface area contributed by atoms with Crippen LogP contribution in [0.4, 0.5) is 17.6 Å². The molecule has 214 valence electrons. The summed E-state index contributed by atoms with van der Waals surface area (Å²) in [6.45, 7) is 0.0540. The molecule has 0 saturated heterocycles. The normalized spacial score (nSPS) is 14.0. The van der Waals surface area contributed by atoms with E-state index in [1.807, 2.05) is 18.2 Å². The second-order valence-corrected chi connectivity index (χ2v) is 10.9. The van der Waals surface area contributed by atoms with Crippen LogP contribution < -0.4 is 9.47 Å². The maximum absolute atomic E-state index is 15.0. The third-order valence-corrected chi connectivity index (χ3v) is 8.09. The molecule has 5 nitrogen and oxygen atoms in total. The number of esters is 1. The van der Waals surface area contributed by atoms with Gasteiger partial charge in [0.1, 0.15) is 28.9 Å². The van der Waals surface area contributed by atoms with E-state index >= 15 is 0 Å². The van der Waals surface area contributed by atoms with Crippen LogP contribution >= 0.6 is 11.3 Å². The van der Waals surface area contributed by atoms with Gasteiger partial charge in [-0.1, -0.05) is 24.3 Å². The van der Waals surface area contributed by atoms with Crippen molar-refractivity contribution in [2.24, 2.45) is 5.92 Å². The molecule has 0 aliphatic heterocycles. The van der Waals surface area contributed by atoms with E-state index in [0.717, 1.165) is 30.5 Å². The van der Waals surface area contributed by atoms with Crippen molar-refractivity contribution in [3.63, 3.8) is 0 Å². The minimum Gasteiger partial charge on any atom is -0.497 e. The molecule has 1 fully saturated rings. The Hall–Kier alpha value is -3.92. The van der Waals surface area contributed by atoms with Gasteiger partial charge in [-0.3, -0.25) is 4.79 Å². The highest BCUT2D eigenvalue weighted by Crippen LogP contribution is 2.45. The number of carbonyl (C=O) groups is 1. The molecule has 0 radical (unpaired) electrons. The first-order chi connectivity index (χ1) is 19.7. The Morgan fingerprint density at radius 3 is 2.44 bits per heavy atom. The van der Waals surface area contributed by atoms with Crippen molar-refractivity contribution in [2.45, 2.75) is 38.0 Å². The molecule has 0 amide bonds. The maximum Gasteiger partial charge on any atom is 0.416 e. The molecular formula is C31H27F4NO4S. The molecule has 5 rings (SSSR count). The van der Waals surface area contributed by atoms with E-state index in [1.165, 1.54) is 55.9 Å². The van der Waals surface area contributed by atoms with Gasteiger partial charge in [0.15, 0.2) is 0 Å². The average Bonchev–Trinajstić information content (AvgIpc) is 3.73. The van der Waals surface area contributed by atoms with Gasteiger partial charge in [-0.05, 0) is 72.7 Å². The van der Waals surface area contributed by atoms with E-state index < -0.39 is 17.6 Å². The van der Waals surface area contributed by atoms with Gasteiger partial charge in [-0.25, -0.2) is 9.37 Å². The van der Waals surface area contributed by atoms with Crippen LogP contribution in [0.25, 0.3) is 21.7 Å². The van der Waals surface area contributed by atoms with Crippen molar-refractivity contribution in [3.05, 3.63) is 88.7 Å². The highest BCUT2D eigenvalue weighted by atomic mass is 32.1. The second-order valence-electron chi connectivity index (χ2n) is 9.79. The summed E-state index contributed by atoms with van der Waals surface area (Å²) in [6, 6.07) is 16.4. The second kappa shape index (κ2) is 11.9. The van der Waals surface area contributed by atoms with Crippen molar-refractivity contribution in [1.82, 2.24) is 4.98 Å². The fourth-order valence-corrected chi connectivity index (χ4v) is 5.74. The summed E-state index contributed by atoms with van der Waals surface area (Å²) < 4.78 is 70.7. The zero-order valence-electron chi connectivity index (χ0n) is 22.3. The van der Waals surface area contributed by atoms with E-state index in [2.05, 4.69) is 4.98 Å². The SMILES string of the molecule is COC(=O)CC(c1cccc(OCc2nc(-c3ccc(C(F)(F)F)cc3)c(-c3cc(OC)ccc3F)s2)c1)C1CC1. The Labute approximate surface area is 238 Å². The fourth-order valence-electron chi connectivity index (χ4n) is 4.73.